The number of carbonyl (C=O) groups excluding carboxylic acids is 1. The number of thiazole rings is 1. The van der Waals surface area contributed by atoms with Gasteiger partial charge < -0.3 is 9.80 Å². The molecule has 0 N–H and O–H groups in total. The number of fused-ring (bicyclic) bond motifs is 1. The van der Waals surface area contributed by atoms with Crippen LogP contribution in [0, 0.1) is 6.92 Å². The van der Waals surface area contributed by atoms with Crippen LogP contribution in [-0.2, 0) is 0 Å². The van der Waals surface area contributed by atoms with E-state index in [9.17, 15) is 4.79 Å². The Bertz CT molecular complexity index is 929. The summed E-state index contributed by atoms with van der Waals surface area (Å²) in [4.78, 5) is 22.7. The van der Waals surface area contributed by atoms with Crippen molar-refractivity contribution >= 4 is 28.0 Å². The molecule has 0 fully saturated rings. The molecule has 142 valence electrons. The summed E-state index contributed by atoms with van der Waals surface area (Å²) in [5.74, 6) is 0.0866. The third kappa shape index (κ3) is 4.20. The predicted molar refractivity (Wildman–Crippen MR) is 115 cm³/mol. The van der Waals surface area contributed by atoms with Crippen molar-refractivity contribution in [3.8, 4) is 10.6 Å². The van der Waals surface area contributed by atoms with Gasteiger partial charge in [-0.3, -0.25) is 4.79 Å². The van der Waals surface area contributed by atoms with E-state index >= 15 is 0 Å². The summed E-state index contributed by atoms with van der Waals surface area (Å²) in [6, 6.07) is 14.5. The van der Waals surface area contributed by atoms with Gasteiger partial charge in [0.1, 0.15) is 9.88 Å². The number of aryl methyl sites for hydroxylation is 1. The first-order valence-corrected chi connectivity index (χ1v) is 10.3. The van der Waals surface area contributed by atoms with E-state index in [1.807, 2.05) is 30.9 Å². The lowest BCUT2D eigenvalue weighted by atomic mass is 10.1. The van der Waals surface area contributed by atoms with Crippen molar-refractivity contribution < 1.29 is 4.79 Å². The number of rotatable bonds is 7. The summed E-state index contributed by atoms with van der Waals surface area (Å²) in [5, 5.41) is 3.27. The van der Waals surface area contributed by atoms with Crippen molar-refractivity contribution in [3.05, 3.63) is 53.0 Å². The summed E-state index contributed by atoms with van der Waals surface area (Å²) < 4.78 is 0. The van der Waals surface area contributed by atoms with E-state index in [0.29, 0.717) is 6.54 Å². The normalized spacial score (nSPS) is 11.3. The molecule has 0 unspecified atom stereocenters. The molecule has 0 saturated heterocycles. The lowest BCUT2D eigenvalue weighted by molar-refractivity contribution is 0.0755. The average Bonchev–Trinajstić information content (AvgIpc) is 3.09. The Hall–Kier alpha value is -2.24. The van der Waals surface area contributed by atoms with Crippen LogP contribution in [0.5, 0.6) is 0 Å². The maximum atomic E-state index is 13.1. The van der Waals surface area contributed by atoms with Gasteiger partial charge in [0.25, 0.3) is 5.91 Å². The van der Waals surface area contributed by atoms with Crippen molar-refractivity contribution in [3.63, 3.8) is 0 Å². The van der Waals surface area contributed by atoms with Crippen molar-refractivity contribution in [2.45, 2.75) is 20.8 Å². The molecule has 1 aromatic heterocycles. The van der Waals surface area contributed by atoms with Crippen molar-refractivity contribution in [2.75, 3.05) is 33.2 Å². The van der Waals surface area contributed by atoms with Crippen LogP contribution in [0.25, 0.3) is 21.3 Å². The fourth-order valence-corrected chi connectivity index (χ4v) is 4.19. The number of hydrogen-bond acceptors (Lipinski definition) is 4. The van der Waals surface area contributed by atoms with E-state index in [-0.39, 0.29) is 5.91 Å². The van der Waals surface area contributed by atoms with Crippen LogP contribution in [0.2, 0.25) is 0 Å². The van der Waals surface area contributed by atoms with Crippen LogP contribution in [0.1, 0.15) is 29.2 Å². The lowest BCUT2D eigenvalue weighted by Crippen LogP contribution is -2.37. The Morgan fingerprint density at radius 3 is 2.52 bits per heavy atom. The Kier molecular flexibility index (Phi) is 6.24. The molecule has 0 atom stereocenters. The minimum absolute atomic E-state index is 0.0866. The Morgan fingerprint density at radius 2 is 1.78 bits per heavy atom. The number of amides is 1. The molecule has 2 aromatic carbocycles. The van der Waals surface area contributed by atoms with E-state index in [1.54, 1.807) is 0 Å². The second-order valence-electron chi connectivity index (χ2n) is 6.74. The van der Waals surface area contributed by atoms with E-state index < -0.39 is 0 Å². The molecular formula is C22H27N3OS. The minimum Gasteiger partial charge on any atom is -0.337 e. The van der Waals surface area contributed by atoms with Gasteiger partial charge in [0, 0.05) is 25.2 Å². The highest BCUT2D eigenvalue weighted by Gasteiger charge is 2.21. The van der Waals surface area contributed by atoms with Crippen LogP contribution >= 0.6 is 11.3 Å². The molecule has 0 radical (unpaired) electrons. The van der Waals surface area contributed by atoms with Crippen LogP contribution < -0.4 is 0 Å². The van der Waals surface area contributed by atoms with Crippen LogP contribution in [0.4, 0.5) is 0 Å². The molecule has 3 aromatic rings. The lowest BCUT2D eigenvalue weighted by Gasteiger charge is -2.23. The Morgan fingerprint density at radius 1 is 1.04 bits per heavy atom. The zero-order valence-corrected chi connectivity index (χ0v) is 17.3. The van der Waals surface area contributed by atoms with Crippen molar-refractivity contribution in [1.29, 1.82) is 0 Å². The van der Waals surface area contributed by atoms with Gasteiger partial charge in [-0.05, 0) is 38.2 Å². The van der Waals surface area contributed by atoms with Crippen LogP contribution in [-0.4, -0.2) is 53.9 Å². The maximum Gasteiger partial charge on any atom is 0.265 e. The first-order chi connectivity index (χ1) is 13.0. The third-order valence-electron chi connectivity index (χ3n) is 4.97. The monoisotopic (exact) mass is 381 g/mol. The Labute approximate surface area is 165 Å². The van der Waals surface area contributed by atoms with Gasteiger partial charge in [0.2, 0.25) is 0 Å². The molecular weight excluding hydrogens is 354 g/mol. The topological polar surface area (TPSA) is 36.4 Å². The van der Waals surface area contributed by atoms with Gasteiger partial charge in [-0.25, -0.2) is 4.98 Å². The largest absolute Gasteiger partial charge is 0.337 e. The highest BCUT2D eigenvalue weighted by molar-refractivity contribution is 7.17. The van der Waals surface area contributed by atoms with Gasteiger partial charge in [0.15, 0.2) is 0 Å². The molecule has 3 rings (SSSR count). The first-order valence-electron chi connectivity index (χ1n) is 9.48. The number of nitrogens with zero attached hydrogens (tertiary/aromatic N) is 3. The van der Waals surface area contributed by atoms with Gasteiger partial charge in [-0.1, -0.05) is 49.4 Å². The molecule has 27 heavy (non-hydrogen) atoms. The molecule has 1 amide bonds. The number of hydrogen-bond donors (Lipinski definition) is 0. The van der Waals surface area contributed by atoms with Gasteiger partial charge >= 0.3 is 0 Å². The van der Waals surface area contributed by atoms with E-state index in [1.165, 1.54) is 22.1 Å². The van der Waals surface area contributed by atoms with E-state index in [0.717, 1.165) is 40.8 Å². The molecule has 5 heteroatoms. The van der Waals surface area contributed by atoms with E-state index in [4.69, 9.17) is 4.98 Å². The van der Waals surface area contributed by atoms with Crippen LogP contribution in [0.15, 0.2) is 42.5 Å². The van der Waals surface area contributed by atoms with Crippen molar-refractivity contribution in [1.82, 2.24) is 14.8 Å². The molecule has 4 nitrogen and oxygen atoms in total. The summed E-state index contributed by atoms with van der Waals surface area (Å²) >= 11 is 1.50. The fourth-order valence-electron chi connectivity index (χ4n) is 3.12. The first kappa shape index (κ1) is 19.5. The molecule has 1 heterocycles. The smallest absolute Gasteiger partial charge is 0.265 e. The number of likely N-dealkylation sites (N-methyl/N-ethyl adjacent to an activating group) is 2. The zero-order valence-electron chi connectivity index (χ0n) is 16.5. The van der Waals surface area contributed by atoms with Crippen molar-refractivity contribution in [2.24, 2.45) is 0 Å². The Balaban J connectivity index is 1.90. The highest BCUT2D eigenvalue weighted by atomic mass is 32.1. The molecule has 0 aliphatic carbocycles. The molecule has 0 bridgehead atoms. The summed E-state index contributed by atoms with van der Waals surface area (Å²) in [6.07, 6.45) is 0. The number of carbonyl (C=O) groups is 1. The molecule has 0 aliphatic heterocycles. The quantitative estimate of drug-likeness (QED) is 0.596. The highest BCUT2D eigenvalue weighted by Crippen LogP contribution is 2.33. The summed E-state index contributed by atoms with van der Waals surface area (Å²) in [7, 11) is 2.08. The third-order valence-corrected chi connectivity index (χ3v) is 6.15. The van der Waals surface area contributed by atoms with Gasteiger partial charge in [0.05, 0.1) is 5.69 Å². The second kappa shape index (κ2) is 8.63. The van der Waals surface area contributed by atoms with Crippen LogP contribution in [0.3, 0.4) is 0 Å². The number of benzene rings is 2. The molecule has 0 aliphatic rings. The molecule has 0 spiro atoms. The molecule has 0 saturated carbocycles. The summed E-state index contributed by atoms with van der Waals surface area (Å²) in [6.45, 7) is 9.40. The predicted octanol–water partition coefficient (Wildman–Crippen LogP) is 4.69. The maximum absolute atomic E-state index is 13.1. The minimum atomic E-state index is 0.0866. The average molecular weight is 382 g/mol. The van der Waals surface area contributed by atoms with E-state index in [2.05, 4.69) is 49.2 Å². The second-order valence-corrected chi connectivity index (χ2v) is 7.74. The summed E-state index contributed by atoms with van der Waals surface area (Å²) in [5.41, 5.74) is 1.91. The number of aromatic nitrogens is 1. The van der Waals surface area contributed by atoms with Gasteiger partial charge in [-0.2, -0.15) is 0 Å². The fraction of sp³-hybridized carbons (Fsp3) is 0.364. The standard InChI is InChI=1S/C22H27N3OS/c1-5-24(4)14-15-25(6-2)22(26)20-16(3)23-21(27-20)19-13-9-11-17-10-7-8-12-18(17)19/h7-13H,5-6,14-15H2,1-4H3. The SMILES string of the molecule is CCN(C)CCN(CC)C(=O)c1sc(-c2cccc3ccccc23)nc1C. The zero-order chi connectivity index (χ0) is 19.4. The van der Waals surface area contributed by atoms with Gasteiger partial charge in [-0.15, -0.1) is 11.3 Å².